The Morgan fingerprint density at radius 1 is 0.964 bits per heavy atom. The first-order chi connectivity index (χ1) is 13.8. The van der Waals surface area contributed by atoms with Crippen LogP contribution in [-0.4, -0.2) is 19.1 Å². The Hall–Kier alpha value is -3.41. The smallest absolute Gasteiger partial charge is 0.287 e. The average Bonchev–Trinajstić information content (AvgIpc) is 3.07. The SMILES string of the molecule is O=C(NCc1cccc2c1OCCCO2)c1occc1COc1ccccc1. The first-order valence-corrected chi connectivity index (χ1v) is 9.21. The molecule has 1 N–H and O–H groups in total. The van der Waals surface area contributed by atoms with Crippen LogP contribution in [0.15, 0.2) is 65.3 Å². The van der Waals surface area contributed by atoms with E-state index in [1.165, 1.54) is 6.26 Å². The molecule has 0 radical (unpaired) electrons. The van der Waals surface area contributed by atoms with Gasteiger partial charge in [-0.2, -0.15) is 0 Å². The molecule has 1 aliphatic rings. The van der Waals surface area contributed by atoms with Crippen LogP contribution >= 0.6 is 0 Å². The lowest BCUT2D eigenvalue weighted by Crippen LogP contribution is -2.24. The van der Waals surface area contributed by atoms with E-state index in [1.54, 1.807) is 6.07 Å². The molecule has 0 fully saturated rings. The third-order valence-corrected chi connectivity index (χ3v) is 4.38. The highest BCUT2D eigenvalue weighted by Gasteiger charge is 2.18. The van der Waals surface area contributed by atoms with Crippen LogP contribution in [0, 0.1) is 0 Å². The standard InChI is InChI=1S/C22H21NO5/c24-22(21-17(10-13-27-21)15-28-18-7-2-1-3-8-18)23-14-16-6-4-9-19-20(16)26-12-5-11-25-19/h1-4,6-10,13H,5,11-12,14-15H2,(H,23,24). The summed E-state index contributed by atoms with van der Waals surface area (Å²) in [6, 6.07) is 16.9. The number of carbonyl (C=O) groups excluding carboxylic acids is 1. The third-order valence-electron chi connectivity index (χ3n) is 4.38. The number of fused-ring (bicyclic) bond motifs is 1. The number of amides is 1. The van der Waals surface area contributed by atoms with Crippen molar-refractivity contribution in [1.82, 2.24) is 5.32 Å². The van der Waals surface area contributed by atoms with E-state index < -0.39 is 0 Å². The largest absolute Gasteiger partial charge is 0.490 e. The molecule has 2 aromatic carbocycles. The van der Waals surface area contributed by atoms with Crippen molar-refractivity contribution in [2.75, 3.05) is 13.2 Å². The predicted molar refractivity (Wildman–Crippen MR) is 103 cm³/mol. The Balaban J connectivity index is 1.41. The second-order valence-electron chi connectivity index (χ2n) is 6.35. The molecule has 2 heterocycles. The molecule has 1 amide bonds. The molecule has 0 aliphatic carbocycles. The Morgan fingerprint density at radius 2 is 1.82 bits per heavy atom. The second kappa shape index (κ2) is 8.52. The van der Waals surface area contributed by atoms with Crippen LogP contribution in [0.1, 0.15) is 28.1 Å². The first kappa shape index (κ1) is 18.0. The van der Waals surface area contributed by atoms with E-state index in [4.69, 9.17) is 18.6 Å². The van der Waals surface area contributed by atoms with Crippen molar-refractivity contribution in [1.29, 1.82) is 0 Å². The number of hydrogen-bond donors (Lipinski definition) is 1. The Bertz CT molecular complexity index is 935. The van der Waals surface area contributed by atoms with Gasteiger partial charge in [-0.3, -0.25) is 4.79 Å². The molecule has 0 spiro atoms. The number of benzene rings is 2. The van der Waals surface area contributed by atoms with Gasteiger partial charge in [0.1, 0.15) is 12.4 Å². The normalized spacial score (nSPS) is 12.9. The molecule has 4 rings (SSSR count). The fourth-order valence-corrected chi connectivity index (χ4v) is 2.98. The van der Waals surface area contributed by atoms with Crippen LogP contribution in [0.2, 0.25) is 0 Å². The summed E-state index contributed by atoms with van der Waals surface area (Å²) in [6.07, 6.45) is 2.32. The van der Waals surface area contributed by atoms with Gasteiger partial charge in [0, 0.05) is 24.1 Å². The van der Waals surface area contributed by atoms with E-state index in [-0.39, 0.29) is 18.3 Å². The van der Waals surface area contributed by atoms with Crippen molar-refractivity contribution in [3.63, 3.8) is 0 Å². The molecule has 1 aromatic heterocycles. The summed E-state index contributed by atoms with van der Waals surface area (Å²) in [5.41, 5.74) is 1.55. The maximum atomic E-state index is 12.6. The van der Waals surface area contributed by atoms with Crippen LogP contribution in [-0.2, 0) is 13.2 Å². The van der Waals surface area contributed by atoms with E-state index in [0.717, 1.165) is 17.7 Å². The molecular weight excluding hydrogens is 358 g/mol. The molecule has 6 nitrogen and oxygen atoms in total. The molecule has 0 atom stereocenters. The van der Waals surface area contributed by atoms with Crippen molar-refractivity contribution >= 4 is 5.91 Å². The molecule has 1 aliphatic heterocycles. The highest BCUT2D eigenvalue weighted by atomic mass is 16.5. The van der Waals surface area contributed by atoms with Crippen LogP contribution in [0.4, 0.5) is 0 Å². The highest BCUT2D eigenvalue weighted by Crippen LogP contribution is 2.33. The predicted octanol–water partition coefficient (Wildman–Crippen LogP) is 3.95. The summed E-state index contributed by atoms with van der Waals surface area (Å²) in [5, 5.41) is 2.89. The van der Waals surface area contributed by atoms with Crippen molar-refractivity contribution < 1.29 is 23.4 Å². The lowest BCUT2D eigenvalue weighted by molar-refractivity contribution is 0.0919. The second-order valence-corrected chi connectivity index (χ2v) is 6.35. The molecule has 0 unspecified atom stereocenters. The molecule has 0 saturated heterocycles. The number of nitrogens with one attached hydrogen (secondary N) is 1. The number of hydrogen-bond acceptors (Lipinski definition) is 5. The number of ether oxygens (including phenoxy) is 3. The summed E-state index contributed by atoms with van der Waals surface area (Å²) in [5.74, 6) is 2.07. The fourth-order valence-electron chi connectivity index (χ4n) is 2.98. The van der Waals surface area contributed by atoms with E-state index >= 15 is 0 Å². The number of furan rings is 1. The minimum Gasteiger partial charge on any atom is -0.490 e. The van der Waals surface area contributed by atoms with Gasteiger partial charge in [0.25, 0.3) is 5.91 Å². The van der Waals surface area contributed by atoms with Crippen molar-refractivity contribution in [2.45, 2.75) is 19.6 Å². The Labute approximate surface area is 163 Å². The van der Waals surface area contributed by atoms with Gasteiger partial charge >= 0.3 is 0 Å². The van der Waals surface area contributed by atoms with Crippen molar-refractivity contribution in [3.8, 4) is 17.2 Å². The van der Waals surface area contributed by atoms with E-state index in [0.29, 0.717) is 36.8 Å². The van der Waals surface area contributed by atoms with Crippen LogP contribution in [0.5, 0.6) is 17.2 Å². The van der Waals surface area contributed by atoms with Gasteiger partial charge in [0.15, 0.2) is 17.3 Å². The zero-order valence-corrected chi connectivity index (χ0v) is 15.4. The van der Waals surface area contributed by atoms with Crippen LogP contribution in [0.3, 0.4) is 0 Å². The summed E-state index contributed by atoms with van der Waals surface area (Å²) in [6.45, 7) is 1.78. The van der Waals surface area contributed by atoms with Gasteiger partial charge in [-0.25, -0.2) is 0 Å². The Morgan fingerprint density at radius 3 is 2.71 bits per heavy atom. The van der Waals surface area contributed by atoms with Crippen molar-refractivity contribution in [3.05, 3.63) is 77.7 Å². The fraction of sp³-hybridized carbons (Fsp3) is 0.227. The van der Waals surface area contributed by atoms with Gasteiger partial charge in [0.2, 0.25) is 0 Å². The summed E-state index contributed by atoms with van der Waals surface area (Å²) >= 11 is 0. The minimum atomic E-state index is -0.302. The van der Waals surface area contributed by atoms with Gasteiger partial charge < -0.3 is 23.9 Å². The van der Waals surface area contributed by atoms with Gasteiger partial charge in [-0.1, -0.05) is 30.3 Å². The summed E-state index contributed by atoms with van der Waals surface area (Å²) in [7, 11) is 0. The zero-order chi connectivity index (χ0) is 19.2. The average molecular weight is 379 g/mol. The maximum Gasteiger partial charge on any atom is 0.287 e. The quantitative estimate of drug-likeness (QED) is 0.702. The molecule has 3 aromatic rings. The van der Waals surface area contributed by atoms with Crippen LogP contribution < -0.4 is 19.5 Å². The molecule has 6 heteroatoms. The molecular formula is C22H21NO5. The number of carbonyl (C=O) groups is 1. The molecule has 0 bridgehead atoms. The lowest BCUT2D eigenvalue weighted by Gasteiger charge is -2.13. The van der Waals surface area contributed by atoms with Gasteiger partial charge in [-0.15, -0.1) is 0 Å². The topological polar surface area (TPSA) is 69.9 Å². The minimum absolute atomic E-state index is 0.245. The van der Waals surface area contributed by atoms with Gasteiger partial charge in [0.05, 0.1) is 19.5 Å². The zero-order valence-electron chi connectivity index (χ0n) is 15.4. The Kier molecular flexibility index (Phi) is 5.47. The van der Waals surface area contributed by atoms with Crippen molar-refractivity contribution in [2.24, 2.45) is 0 Å². The van der Waals surface area contributed by atoms with E-state index in [9.17, 15) is 4.79 Å². The molecule has 28 heavy (non-hydrogen) atoms. The summed E-state index contributed by atoms with van der Waals surface area (Å²) in [4.78, 5) is 12.6. The summed E-state index contributed by atoms with van der Waals surface area (Å²) < 4.78 is 22.6. The monoisotopic (exact) mass is 379 g/mol. The van der Waals surface area contributed by atoms with Crippen LogP contribution in [0.25, 0.3) is 0 Å². The lowest BCUT2D eigenvalue weighted by atomic mass is 10.1. The third kappa shape index (κ3) is 4.11. The maximum absolute atomic E-state index is 12.6. The highest BCUT2D eigenvalue weighted by molar-refractivity contribution is 5.92. The number of rotatable bonds is 6. The van der Waals surface area contributed by atoms with E-state index in [1.807, 2.05) is 48.5 Å². The van der Waals surface area contributed by atoms with Gasteiger partial charge in [-0.05, 0) is 24.3 Å². The van der Waals surface area contributed by atoms with E-state index in [2.05, 4.69) is 5.32 Å². The first-order valence-electron chi connectivity index (χ1n) is 9.21. The molecule has 144 valence electrons. The molecule has 0 saturated carbocycles. The number of para-hydroxylation sites is 2.